The van der Waals surface area contributed by atoms with Gasteiger partial charge in [-0.3, -0.25) is 9.97 Å². The monoisotopic (exact) mass is 186 g/mol. The van der Waals surface area contributed by atoms with Crippen molar-refractivity contribution in [3.8, 4) is 0 Å². The second-order valence-corrected chi connectivity index (χ2v) is 4.54. The average Bonchev–Trinajstić information content (AvgIpc) is 2.16. The Morgan fingerprint density at radius 2 is 1.86 bits per heavy atom. The Balaban J connectivity index is 2.63. The number of hydrogen-bond acceptors (Lipinski definition) is 2. The molecule has 2 aromatic heterocycles. The van der Waals surface area contributed by atoms with Crippen molar-refractivity contribution in [2.24, 2.45) is 0 Å². The lowest BCUT2D eigenvalue weighted by Crippen LogP contribution is -2.12. The summed E-state index contributed by atoms with van der Waals surface area (Å²) in [6.45, 7) is 6.49. The maximum Gasteiger partial charge on any atom is 0.0464 e. The fourth-order valence-electron chi connectivity index (χ4n) is 1.39. The van der Waals surface area contributed by atoms with Crippen LogP contribution in [0.15, 0.2) is 30.7 Å². The zero-order valence-corrected chi connectivity index (χ0v) is 8.78. The van der Waals surface area contributed by atoms with Gasteiger partial charge >= 0.3 is 0 Å². The van der Waals surface area contributed by atoms with Gasteiger partial charge in [0.15, 0.2) is 0 Å². The van der Waals surface area contributed by atoms with Crippen molar-refractivity contribution in [1.82, 2.24) is 9.97 Å². The predicted molar refractivity (Wildman–Crippen MR) is 58.2 cm³/mol. The zero-order chi connectivity index (χ0) is 10.2. The molecule has 0 saturated heterocycles. The van der Waals surface area contributed by atoms with Crippen LogP contribution in [-0.4, -0.2) is 9.97 Å². The highest BCUT2D eigenvalue weighted by Gasteiger charge is 2.15. The molecule has 72 valence electrons. The largest absolute Gasteiger partial charge is 0.264 e. The van der Waals surface area contributed by atoms with Crippen molar-refractivity contribution in [3.63, 3.8) is 0 Å². The van der Waals surface area contributed by atoms with E-state index in [9.17, 15) is 0 Å². The zero-order valence-electron chi connectivity index (χ0n) is 8.78. The highest BCUT2D eigenvalue weighted by atomic mass is 14.7. The van der Waals surface area contributed by atoms with E-state index in [1.165, 1.54) is 0 Å². The van der Waals surface area contributed by atoms with Gasteiger partial charge in [0, 0.05) is 40.5 Å². The Labute approximate surface area is 84.0 Å². The van der Waals surface area contributed by atoms with Gasteiger partial charge in [-0.25, -0.2) is 0 Å². The van der Waals surface area contributed by atoms with Crippen molar-refractivity contribution in [2.75, 3.05) is 0 Å². The minimum absolute atomic E-state index is 0.101. The molecular formula is C12H14N2. The van der Waals surface area contributed by atoms with E-state index in [2.05, 4.69) is 36.8 Å². The van der Waals surface area contributed by atoms with Crippen LogP contribution in [0.4, 0.5) is 0 Å². The third kappa shape index (κ3) is 1.60. The average molecular weight is 186 g/mol. The van der Waals surface area contributed by atoms with Crippen molar-refractivity contribution >= 4 is 10.8 Å². The number of aromatic nitrogens is 2. The van der Waals surface area contributed by atoms with Crippen molar-refractivity contribution in [3.05, 3.63) is 36.4 Å². The number of pyridine rings is 2. The van der Waals surface area contributed by atoms with Crippen LogP contribution < -0.4 is 0 Å². The van der Waals surface area contributed by atoms with Gasteiger partial charge in [-0.1, -0.05) is 20.8 Å². The molecule has 0 amide bonds. The van der Waals surface area contributed by atoms with E-state index < -0.39 is 0 Å². The van der Waals surface area contributed by atoms with Crippen LogP contribution >= 0.6 is 0 Å². The van der Waals surface area contributed by atoms with E-state index in [1.807, 2.05) is 18.5 Å². The lowest BCUT2D eigenvalue weighted by molar-refractivity contribution is 0.570. The Bertz CT molecular complexity index is 455. The summed E-state index contributed by atoms with van der Waals surface area (Å²) < 4.78 is 0. The maximum atomic E-state index is 4.45. The van der Waals surface area contributed by atoms with Gasteiger partial charge in [0.25, 0.3) is 0 Å². The smallest absolute Gasteiger partial charge is 0.0464 e. The van der Waals surface area contributed by atoms with E-state index >= 15 is 0 Å². The molecular weight excluding hydrogens is 172 g/mol. The molecule has 0 aromatic carbocycles. The third-order valence-corrected chi connectivity index (χ3v) is 2.29. The van der Waals surface area contributed by atoms with Gasteiger partial charge in [0.05, 0.1) is 0 Å². The van der Waals surface area contributed by atoms with Crippen molar-refractivity contribution in [1.29, 1.82) is 0 Å². The lowest BCUT2D eigenvalue weighted by Gasteiger charge is -2.17. The van der Waals surface area contributed by atoms with Crippen LogP contribution in [0, 0.1) is 0 Å². The highest BCUT2D eigenvalue weighted by molar-refractivity contribution is 5.80. The highest BCUT2D eigenvalue weighted by Crippen LogP contribution is 2.22. The van der Waals surface area contributed by atoms with E-state index in [0.29, 0.717) is 0 Å². The molecule has 2 heteroatoms. The molecule has 0 aliphatic carbocycles. The van der Waals surface area contributed by atoms with Crippen LogP contribution in [-0.2, 0) is 5.41 Å². The van der Waals surface area contributed by atoms with Crippen molar-refractivity contribution < 1.29 is 0 Å². The van der Waals surface area contributed by atoms with Crippen LogP contribution in [0.25, 0.3) is 10.8 Å². The van der Waals surface area contributed by atoms with Crippen LogP contribution in [0.5, 0.6) is 0 Å². The van der Waals surface area contributed by atoms with E-state index in [-0.39, 0.29) is 5.41 Å². The minimum Gasteiger partial charge on any atom is -0.264 e. The number of hydrogen-bond donors (Lipinski definition) is 0. The first-order valence-corrected chi connectivity index (χ1v) is 4.77. The molecule has 2 rings (SSSR count). The molecule has 0 bridgehead atoms. The number of rotatable bonds is 0. The standard InChI is InChI=1S/C12H14N2/c1-12(2,3)11-6-10-7-13-5-4-9(10)8-14-11/h4-8H,1-3H3. The second-order valence-electron chi connectivity index (χ2n) is 4.54. The van der Waals surface area contributed by atoms with Gasteiger partial charge in [0.1, 0.15) is 0 Å². The molecule has 0 radical (unpaired) electrons. The molecule has 14 heavy (non-hydrogen) atoms. The SMILES string of the molecule is CC(C)(C)c1cc2cnccc2cn1. The molecule has 0 aliphatic rings. The van der Waals surface area contributed by atoms with Crippen LogP contribution in [0.1, 0.15) is 26.5 Å². The fourth-order valence-corrected chi connectivity index (χ4v) is 1.39. The summed E-state index contributed by atoms with van der Waals surface area (Å²) in [5, 5.41) is 2.31. The first kappa shape index (κ1) is 9.13. The molecule has 0 saturated carbocycles. The molecule has 0 fully saturated rings. The van der Waals surface area contributed by atoms with Gasteiger partial charge < -0.3 is 0 Å². The Morgan fingerprint density at radius 3 is 2.57 bits per heavy atom. The van der Waals surface area contributed by atoms with E-state index in [1.54, 1.807) is 6.20 Å². The summed E-state index contributed by atoms with van der Waals surface area (Å²) >= 11 is 0. The van der Waals surface area contributed by atoms with Gasteiger partial charge in [-0.2, -0.15) is 0 Å². The summed E-state index contributed by atoms with van der Waals surface area (Å²) in [6, 6.07) is 4.09. The summed E-state index contributed by atoms with van der Waals surface area (Å²) in [6.07, 6.45) is 5.59. The molecule has 2 heterocycles. The number of fused-ring (bicyclic) bond motifs is 1. The molecule has 0 unspecified atom stereocenters. The molecule has 0 spiro atoms. The summed E-state index contributed by atoms with van der Waals surface area (Å²) in [4.78, 5) is 8.56. The number of nitrogens with zero attached hydrogens (tertiary/aromatic N) is 2. The Hall–Kier alpha value is -1.44. The Morgan fingerprint density at radius 1 is 1.07 bits per heavy atom. The molecule has 2 aromatic rings. The Kier molecular flexibility index (Phi) is 1.99. The maximum absolute atomic E-state index is 4.45. The lowest BCUT2D eigenvalue weighted by atomic mass is 9.91. The molecule has 0 N–H and O–H groups in total. The van der Waals surface area contributed by atoms with Gasteiger partial charge in [-0.05, 0) is 12.1 Å². The first-order chi connectivity index (χ1) is 6.57. The first-order valence-electron chi connectivity index (χ1n) is 4.77. The van der Waals surface area contributed by atoms with E-state index in [4.69, 9.17) is 0 Å². The summed E-state index contributed by atoms with van der Waals surface area (Å²) in [7, 11) is 0. The molecule has 0 aliphatic heterocycles. The summed E-state index contributed by atoms with van der Waals surface area (Å²) in [5.41, 5.74) is 1.21. The summed E-state index contributed by atoms with van der Waals surface area (Å²) in [5.74, 6) is 0. The van der Waals surface area contributed by atoms with Crippen molar-refractivity contribution in [2.45, 2.75) is 26.2 Å². The second kappa shape index (κ2) is 3.05. The normalized spacial score (nSPS) is 11.9. The quantitative estimate of drug-likeness (QED) is 0.632. The molecule has 0 atom stereocenters. The fraction of sp³-hybridized carbons (Fsp3) is 0.333. The topological polar surface area (TPSA) is 25.8 Å². The van der Waals surface area contributed by atoms with Gasteiger partial charge in [-0.15, -0.1) is 0 Å². The minimum atomic E-state index is 0.101. The molecule has 2 nitrogen and oxygen atoms in total. The van der Waals surface area contributed by atoms with Crippen LogP contribution in [0.3, 0.4) is 0 Å². The predicted octanol–water partition coefficient (Wildman–Crippen LogP) is 2.93. The van der Waals surface area contributed by atoms with E-state index in [0.717, 1.165) is 16.5 Å². The van der Waals surface area contributed by atoms with Gasteiger partial charge in [0.2, 0.25) is 0 Å². The van der Waals surface area contributed by atoms with Crippen LogP contribution in [0.2, 0.25) is 0 Å². The third-order valence-electron chi connectivity index (χ3n) is 2.29.